The highest BCUT2D eigenvalue weighted by atomic mass is 16.5. The van der Waals surface area contributed by atoms with Crippen molar-refractivity contribution in [3.05, 3.63) is 29.8 Å². The van der Waals surface area contributed by atoms with Crippen molar-refractivity contribution in [2.45, 2.75) is 25.3 Å². The predicted molar refractivity (Wildman–Crippen MR) is 62.2 cm³/mol. The average molecular weight is 201 g/mol. The third kappa shape index (κ3) is 2.54. The van der Waals surface area contributed by atoms with Gasteiger partial charge in [0.05, 0.1) is 7.11 Å². The quantitative estimate of drug-likeness (QED) is 0.691. The van der Waals surface area contributed by atoms with Crippen LogP contribution in [-0.4, -0.2) is 32.5 Å². The molecule has 0 bridgehead atoms. The van der Waals surface area contributed by atoms with Gasteiger partial charge in [-0.25, -0.2) is 0 Å². The van der Waals surface area contributed by atoms with Crippen LogP contribution in [0.25, 0.3) is 0 Å². The summed E-state index contributed by atoms with van der Waals surface area (Å²) < 4.78 is 5.20. The van der Waals surface area contributed by atoms with Crippen molar-refractivity contribution < 1.29 is 4.74 Å². The first kappa shape index (κ1) is 10.6. The molecule has 78 valence electrons. The second-order valence-electron chi connectivity index (χ2n) is 4.09. The third-order valence-electron chi connectivity index (χ3n) is 3.03. The molecule has 1 aliphatic rings. The van der Waals surface area contributed by atoms with E-state index in [1.807, 2.05) is 16.9 Å². The Morgan fingerprint density at radius 2 is 2.40 bits per heavy atom. The fraction of sp³-hybridized carbons (Fsp3) is 0.500. The van der Waals surface area contributed by atoms with Gasteiger partial charge in [0, 0.05) is 6.04 Å². The highest BCUT2D eigenvalue weighted by molar-refractivity contribution is 6.04. The zero-order valence-electron chi connectivity index (χ0n) is 9.15. The maximum absolute atomic E-state index is 5.90. The lowest BCUT2D eigenvalue weighted by molar-refractivity contribution is 0.407. The molecular formula is C12H16BNO. The van der Waals surface area contributed by atoms with Gasteiger partial charge in [-0.3, -0.25) is 0 Å². The van der Waals surface area contributed by atoms with Gasteiger partial charge in [-0.15, -0.1) is 0 Å². The summed E-state index contributed by atoms with van der Waals surface area (Å²) in [5.41, 5.74) is 1.30. The summed E-state index contributed by atoms with van der Waals surface area (Å²) in [6.45, 7) is 1.02. The number of hydrogen-bond acceptors (Lipinski definition) is 2. The number of rotatable bonds is 3. The van der Waals surface area contributed by atoms with Crippen LogP contribution in [0.3, 0.4) is 0 Å². The van der Waals surface area contributed by atoms with Crippen molar-refractivity contribution in [2.24, 2.45) is 0 Å². The van der Waals surface area contributed by atoms with Gasteiger partial charge in [-0.2, -0.15) is 0 Å². The maximum Gasteiger partial charge on any atom is 0.182 e. The van der Waals surface area contributed by atoms with Crippen LogP contribution in [0.1, 0.15) is 18.4 Å². The smallest absolute Gasteiger partial charge is 0.182 e. The van der Waals surface area contributed by atoms with E-state index in [1.54, 1.807) is 7.11 Å². The molecule has 1 heterocycles. The Labute approximate surface area is 92.7 Å². The summed E-state index contributed by atoms with van der Waals surface area (Å²) in [6, 6.07) is 8.72. The van der Waals surface area contributed by atoms with Crippen molar-refractivity contribution >= 4 is 7.98 Å². The molecule has 1 saturated heterocycles. The van der Waals surface area contributed by atoms with E-state index in [9.17, 15) is 0 Å². The Morgan fingerprint density at radius 1 is 1.53 bits per heavy atom. The van der Waals surface area contributed by atoms with Crippen molar-refractivity contribution in [3.8, 4) is 5.75 Å². The summed E-state index contributed by atoms with van der Waals surface area (Å²) >= 11 is 0. The van der Waals surface area contributed by atoms with Crippen LogP contribution in [0, 0.1) is 0 Å². The summed E-state index contributed by atoms with van der Waals surface area (Å²) in [7, 11) is 7.60. The number of benzene rings is 1. The fourth-order valence-electron chi connectivity index (χ4n) is 2.15. The summed E-state index contributed by atoms with van der Waals surface area (Å²) in [6.07, 6.45) is 3.44. The standard InChI is InChI=1S/C12H16BNO/c1-15-12-6-2-4-10(9-12)8-11-5-3-7-14(11)13/h2,4,6,9,11H,3,5,7-8H2,1H3. The summed E-state index contributed by atoms with van der Waals surface area (Å²) in [5.74, 6) is 0.925. The van der Waals surface area contributed by atoms with Crippen LogP contribution in [-0.2, 0) is 6.42 Å². The van der Waals surface area contributed by atoms with Crippen molar-refractivity contribution in [1.82, 2.24) is 4.81 Å². The van der Waals surface area contributed by atoms with Crippen molar-refractivity contribution in [3.63, 3.8) is 0 Å². The highest BCUT2D eigenvalue weighted by Gasteiger charge is 2.20. The third-order valence-corrected chi connectivity index (χ3v) is 3.03. The first-order valence-electron chi connectivity index (χ1n) is 5.44. The SMILES string of the molecule is [B]N1CCCC1Cc1cccc(OC)c1. The lowest BCUT2D eigenvalue weighted by Gasteiger charge is -2.20. The molecule has 1 aromatic rings. The minimum atomic E-state index is 0.497. The normalized spacial score (nSPS) is 21.8. The molecule has 0 amide bonds. The Hall–Kier alpha value is -0.955. The first-order chi connectivity index (χ1) is 7.29. The lowest BCUT2D eigenvalue weighted by atomic mass is 10.0. The van der Waals surface area contributed by atoms with E-state index in [-0.39, 0.29) is 0 Å². The second kappa shape index (κ2) is 4.71. The zero-order valence-corrected chi connectivity index (χ0v) is 9.15. The van der Waals surface area contributed by atoms with Gasteiger partial charge < -0.3 is 9.55 Å². The lowest BCUT2D eigenvalue weighted by Crippen LogP contribution is -2.28. The number of ether oxygens (including phenoxy) is 1. The van der Waals surface area contributed by atoms with E-state index in [1.165, 1.54) is 18.4 Å². The second-order valence-corrected chi connectivity index (χ2v) is 4.09. The molecule has 1 aromatic carbocycles. The Balaban J connectivity index is 2.03. The fourth-order valence-corrected chi connectivity index (χ4v) is 2.15. The van der Waals surface area contributed by atoms with Gasteiger partial charge >= 0.3 is 0 Å². The monoisotopic (exact) mass is 201 g/mol. The van der Waals surface area contributed by atoms with Gasteiger partial charge in [0.2, 0.25) is 0 Å². The van der Waals surface area contributed by atoms with Crippen molar-refractivity contribution in [1.29, 1.82) is 0 Å². The van der Waals surface area contributed by atoms with Crippen LogP contribution in [0.5, 0.6) is 5.75 Å². The van der Waals surface area contributed by atoms with E-state index in [4.69, 9.17) is 12.7 Å². The molecular weight excluding hydrogens is 185 g/mol. The van der Waals surface area contributed by atoms with Crippen LogP contribution in [0.2, 0.25) is 0 Å². The summed E-state index contributed by atoms with van der Waals surface area (Å²) in [5, 5.41) is 0. The van der Waals surface area contributed by atoms with E-state index in [0.29, 0.717) is 6.04 Å². The van der Waals surface area contributed by atoms with E-state index < -0.39 is 0 Å². The Kier molecular flexibility index (Phi) is 3.32. The maximum atomic E-state index is 5.90. The van der Waals surface area contributed by atoms with Gasteiger partial charge in [0.25, 0.3) is 0 Å². The molecule has 3 heteroatoms. The predicted octanol–water partition coefficient (Wildman–Crippen LogP) is 1.79. The number of nitrogens with zero attached hydrogens (tertiary/aromatic N) is 1. The van der Waals surface area contributed by atoms with Crippen LogP contribution in [0.15, 0.2) is 24.3 Å². The molecule has 15 heavy (non-hydrogen) atoms. The van der Waals surface area contributed by atoms with E-state index >= 15 is 0 Å². The van der Waals surface area contributed by atoms with E-state index in [0.717, 1.165) is 18.7 Å². The summed E-state index contributed by atoms with van der Waals surface area (Å²) in [4.78, 5) is 1.96. The molecule has 0 aliphatic carbocycles. The van der Waals surface area contributed by atoms with Crippen LogP contribution in [0.4, 0.5) is 0 Å². The molecule has 0 aromatic heterocycles. The topological polar surface area (TPSA) is 12.5 Å². The van der Waals surface area contributed by atoms with Crippen LogP contribution < -0.4 is 4.74 Å². The minimum absolute atomic E-state index is 0.497. The highest BCUT2D eigenvalue weighted by Crippen LogP contribution is 2.21. The van der Waals surface area contributed by atoms with Crippen LogP contribution >= 0.6 is 0 Å². The molecule has 0 saturated carbocycles. The number of methoxy groups -OCH3 is 1. The molecule has 1 atom stereocenters. The van der Waals surface area contributed by atoms with Crippen molar-refractivity contribution in [2.75, 3.05) is 13.7 Å². The minimum Gasteiger partial charge on any atom is -0.497 e. The van der Waals surface area contributed by atoms with Gasteiger partial charge in [0.1, 0.15) is 5.75 Å². The average Bonchev–Trinajstić information content (AvgIpc) is 2.65. The molecule has 1 aliphatic heterocycles. The Morgan fingerprint density at radius 3 is 3.07 bits per heavy atom. The van der Waals surface area contributed by atoms with E-state index in [2.05, 4.69) is 12.1 Å². The molecule has 1 fully saturated rings. The molecule has 2 radical (unpaired) electrons. The van der Waals surface area contributed by atoms with Gasteiger partial charge in [-0.1, -0.05) is 12.1 Å². The van der Waals surface area contributed by atoms with Gasteiger partial charge in [0.15, 0.2) is 7.98 Å². The zero-order chi connectivity index (χ0) is 10.7. The largest absolute Gasteiger partial charge is 0.497 e. The molecule has 1 unspecified atom stereocenters. The van der Waals surface area contributed by atoms with Gasteiger partial charge in [-0.05, 0) is 43.5 Å². The molecule has 2 rings (SSSR count). The first-order valence-corrected chi connectivity index (χ1v) is 5.44. The molecule has 2 nitrogen and oxygen atoms in total. The number of hydrogen-bond donors (Lipinski definition) is 0. The Bertz CT molecular complexity index is 329. The molecule has 0 N–H and O–H groups in total. The molecule has 0 spiro atoms.